The standard InChI is InChI=1S/C16H18N4O3/c1-12(15(21)18-7-4-9-19-10-8-17-11-19)20-13-5-2-3-6-14(13)23-16(20)22/h2-3,5-6,8,10-12H,4,7,9H2,1H3,(H,18,21). The van der Waals surface area contributed by atoms with Gasteiger partial charge in [-0.15, -0.1) is 0 Å². The van der Waals surface area contributed by atoms with Gasteiger partial charge in [0.1, 0.15) is 6.04 Å². The number of aryl methyl sites for hydroxylation is 1. The molecule has 0 saturated carbocycles. The summed E-state index contributed by atoms with van der Waals surface area (Å²) in [7, 11) is 0. The van der Waals surface area contributed by atoms with Crippen LogP contribution in [0.1, 0.15) is 19.4 Å². The number of fused-ring (bicyclic) bond motifs is 1. The number of nitrogens with one attached hydrogen (secondary N) is 1. The van der Waals surface area contributed by atoms with Gasteiger partial charge >= 0.3 is 5.76 Å². The fraction of sp³-hybridized carbons (Fsp3) is 0.312. The number of nitrogens with zero attached hydrogens (tertiary/aromatic N) is 3. The lowest BCUT2D eigenvalue weighted by molar-refractivity contribution is -0.123. The molecule has 1 N–H and O–H groups in total. The fourth-order valence-corrected chi connectivity index (χ4v) is 2.51. The van der Waals surface area contributed by atoms with Gasteiger partial charge in [-0.25, -0.2) is 9.78 Å². The van der Waals surface area contributed by atoms with Crippen molar-refractivity contribution >= 4 is 17.0 Å². The first-order valence-corrected chi connectivity index (χ1v) is 7.50. The third-order valence-corrected chi connectivity index (χ3v) is 3.74. The largest absolute Gasteiger partial charge is 0.420 e. The Morgan fingerprint density at radius 1 is 1.39 bits per heavy atom. The Kier molecular flexibility index (Phi) is 4.27. The van der Waals surface area contributed by atoms with E-state index in [2.05, 4.69) is 10.3 Å². The Balaban J connectivity index is 1.62. The molecule has 1 amide bonds. The fourth-order valence-electron chi connectivity index (χ4n) is 2.51. The normalized spacial score (nSPS) is 12.4. The highest BCUT2D eigenvalue weighted by Crippen LogP contribution is 2.16. The Bertz CT molecular complexity index is 848. The van der Waals surface area contributed by atoms with Gasteiger partial charge in [-0.2, -0.15) is 0 Å². The molecule has 3 aromatic rings. The first-order valence-electron chi connectivity index (χ1n) is 7.50. The molecule has 1 atom stereocenters. The van der Waals surface area contributed by atoms with Crippen molar-refractivity contribution in [3.8, 4) is 0 Å². The van der Waals surface area contributed by atoms with E-state index >= 15 is 0 Å². The van der Waals surface area contributed by atoms with Crippen LogP contribution in [0.2, 0.25) is 0 Å². The lowest BCUT2D eigenvalue weighted by Crippen LogP contribution is -2.35. The Morgan fingerprint density at radius 3 is 3.00 bits per heavy atom. The zero-order chi connectivity index (χ0) is 16.2. The number of rotatable bonds is 6. The van der Waals surface area contributed by atoms with E-state index in [1.807, 2.05) is 16.8 Å². The molecule has 0 fully saturated rings. The maximum atomic E-state index is 12.3. The third kappa shape index (κ3) is 3.18. The molecule has 23 heavy (non-hydrogen) atoms. The quantitative estimate of drug-likeness (QED) is 0.700. The summed E-state index contributed by atoms with van der Waals surface area (Å²) in [5.74, 6) is -0.725. The van der Waals surface area contributed by atoms with Crippen molar-refractivity contribution in [2.75, 3.05) is 6.54 Å². The van der Waals surface area contributed by atoms with Crippen molar-refractivity contribution in [3.63, 3.8) is 0 Å². The maximum absolute atomic E-state index is 12.3. The summed E-state index contributed by atoms with van der Waals surface area (Å²) in [6.45, 7) is 3.00. The molecule has 0 saturated heterocycles. The second-order valence-corrected chi connectivity index (χ2v) is 5.33. The van der Waals surface area contributed by atoms with Crippen molar-refractivity contribution in [3.05, 3.63) is 53.5 Å². The summed E-state index contributed by atoms with van der Waals surface area (Å²) in [6.07, 6.45) is 6.12. The van der Waals surface area contributed by atoms with E-state index in [1.165, 1.54) is 4.57 Å². The zero-order valence-electron chi connectivity index (χ0n) is 12.8. The van der Waals surface area contributed by atoms with Crippen molar-refractivity contribution in [1.29, 1.82) is 0 Å². The lowest BCUT2D eigenvalue weighted by Gasteiger charge is -2.13. The molecule has 0 aliphatic carbocycles. The summed E-state index contributed by atoms with van der Waals surface area (Å²) in [5.41, 5.74) is 1.11. The number of carbonyl (C=O) groups excluding carboxylic acids is 1. The second kappa shape index (κ2) is 6.51. The van der Waals surface area contributed by atoms with Gasteiger partial charge in [0, 0.05) is 25.5 Å². The van der Waals surface area contributed by atoms with Crippen LogP contribution < -0.4 is 11.1 Å². The second-order valence-electron chi connectivity index (χ2n) is 5.33. The predicted octanol–water partition coefficient (Wildman–Crippen LogP) is 1.56. The van der Waals surface area contributed by atoms with Crippen LogP contribution in [-0.4, -0.2) is 26.6 Å². The van der Waals surface area contributed by atoms with Gasteiger partial charge in [-0.1, -0.05) is 12.1 Å². The van der Waals surface area contributed by atoms with Gasteiger partial charge in [0.25, 0.3) is 0 Å². The molecular weight excluding hydrogens is 296 g/mol. The summed E-state index contributed by atoms with van der Waals surface area (Å²) < 4.78 is 8.49. The zero-order valence-corrected chi connectivity index (χ0v) is 12.8. The van der Waals surface area contributed by atoms with Crippen molar-refractivity contribution in [2.45, 2.75) is 25.9 Å². The molecule has 3 rings (SSSR count). The smallest absolute Gasteiger partial charge is 0.408 e. The predicted molar refractivity (Wildman–Crippen MR) is 85.0 cm³/mol. The Labute approximate surface area is 132 Å². The number of benzene rings is 1. The Morgan fingerprint density at radius 2 is 2.22 bits per heavy atom. The average molecular weight is 314 g/mol. The number of hydrogen-bond acceptors (Lipinski definition) is 4. The summed E-state index contributed by atoms with van der Waals surface area (Å²) >= 11 is 0. The summed E-state index contributed by atoms with van der Waals surface area (Å²) in [6, 6.07) is 6.45. The van der Waals surface area contributed by atoms with Gasteiger partial charge in [-0.05, 0) is 25.5 Å². The molecule has 0 aliphatic rings. The number of imidazole rings is 1. The van der Waals surface area contributed by atoms with Crippen molar-refractivity contribution in [2.24, 2.45) is 0 Å². The van der Waals surface area contributed by atoms with E-state index in [0.717, 1.165) is 13.0 Å². The van der Waals surface area contributed by atoms with E-state index in [1.54, 1.807) is 37.6 Å². The van der Waals surface area contributed by atoms with Crippen LogP contribution in [0.15, 0.2) is 52.2 Å². The van der Waals surface area contributed by atoms with E-state index < -0.39 is 11.8 Å². The number of carbonyl (C=O) groups is 1. The SMILES string of the molecule is CC(C(=O)NCCCn1ccnc1)n1c(=O)oc2ccccc21. The monoisotopic (exact) mass is 314 g/mol. The van der Waals surface area contributed by atoms with Crippen LogP contribution >= 0.6 is 0 Å². The van der Waals surface area contributed by atoms with E-state index in [-0.39, 0.29) is 5.91 Å². The van der Waals surface area contributed by atoms with Crippen molar-refractivity contribution in [1.82, 2.24) is 19.4 Å². The van der Waals surface area contributed by atoms with Gasteiger partial charge in [0.05, 0.1) is 11.8 Å². The maximum Gasteiger partial charge on any atom is 0.420 e. The van der Waals surface area contributed by atoms with Gasteiger partial charge in [0.2, 0.25) is 5.91 Å². The molecular formula is C16H18N4O3. The average Bonchev–Trinajstić information content (AvgIpc) is 3.17. The molecule has 0 bridgehead atoms. The van der Waals surface area contributed by atoms with E-state index in [4.69, 9.17) is 4.42 Å². The van der Waals surface area contributed by atoms with Crippen LogP contribution in [0.4, 0.5) is 0 Å². The number of amides is 1. The number of aromatic nitrogens is 3. The molecule has 7 heteroatoms. The van der Waals surface area contributed by atoms with Crippen LogP contribution in [-0.2, 0) is 11.3 Å². The first-order chi connectivity index (χ1) is 11.2. The topological polar surface area (TPSA) is 82.1 Å². The van der Waals surface area contributed by atoms with Gasteiger partial charge in [-0.3, -0.25) is 9.36 Å². The van der Waals surface area contributed by atoms with E-state index in [0.29, 0.717) is 17.6 Å². The molecule has 7 nitrogen and oxygen atoms in total. The van der Waals surface area contributed by atoms with Crippen LogP contribution in [0.3, 0.4) is 0 Å². The van der Waals surface area contributed by atoms with Crippen LogP contribution in [0, 0.1) is 0 Å². The molecule has 0 radical (unpaired) electrons. The summed E-state index contributed by atoms with van der Waals surface area (Å²) in [5, 5.41) is 2.85. The summed E-state index contributed by atoms with van der Waals surface area (Å²) in [4.78, 5) is 28.2. The molecule has 120 valence electrons. The molecule has 2 heterocycles. The minimum atomic E-state index is -0.626. The minimum absolute atomic E-state index is 0.204. The highest BCUT2D eigenvalue weighted by Gasteiger charge is 2.20. The molecule has 1 aromatic carbocycles. The minimum Gasteiger partial charge on any atom is -0.408 e. The highest BCUT2D eigenvalue weighted by molar-refractivity contribution is 5.82. The third-order valence-electron chi connectivity index (χ3n) is 3.74. The number of para-hydroxylation sites is 2. The van der Waals surface area contributed by atoms with E-state index in [9.17, 15) is 9.59 Å². The van der Waals surface area contributed by atoms with Crippen molar-refractivity contribution < 1.29 is 9.21 Å². The molecule has 2 aromatic heterocycles. The van der Waals surface area contributed by atoms with Crippen LogP contribution in [0.5, 0.6) is 0 Å². The molecule has 1 unspecified atom stereocenters. The lowest BCUT2D eigenvalue weighted by atomic mass is 10.2. The number of hydrogen-bond donors (Lipinski definition) is 1. The Hall–Kier alpha value is -2.83. The highest BCUT2D eigenvalue weighted by atomic mass is 16.4. The van der Waals surface area contributed by atoms with Crippen LogP contribution in [0.25, 0.3) is 11.1 Å². The number of oxazole rings is 1. The van der Waals surface area contributed by atoms with Gasteiger partial charge < -0.3 is 14.3 Å². The molecule has 0 spiro atoms. The van der Waals surface area contributed by atoms with Gasteiger partial charge in [0.15, 0.2) is 5.58 Å². The first kappa shape index (κ1) is 15.1. The molecule has 0 aliphatic heterocycles.